The number of nitro benzene ring substituents is 1. The molecule has 25 heavy (non-hydrogen) atoms. The Hall–Kier alpha value is -1.71. The predicted molar refractivity (Wildman–Crippen MR) is 94.4 cm³/mol. The highest BCUT2D eigenvalue weighted by molar-refractivity contribution is 7.89. The minimum atomic E-state index is -3.95. The van der Waals surface area contributed by atoms with Gasteiger partial charge in [-0.1, -0.05) is 6.92 Å². The zero-order valence-corrected chi connectivity index (χ0v) is 15.7. The molecule has 0 saturated carbocycles. The first-order valence-electron chi connectivity index (χ1n) is 8.34. The minimum absolute atomic E-state index is 0.153. The Morgan fingerprint density at radius 1 is 1.36 bits per heavy atom. The highest BCUT2D eigenvalue weighted by atomic mass is 32.2. The number of hydrogen-bond donors (Lipinski definition) is 0. The first-order chi connectivity index (χ1) is 11.8. The van der Waals surface area contributed by atoms with Gasteiger partial charge in [-0.25, -0.2) is 8.42 Å². The first kappa shape index (κ1) is 19.6. The summed E-state index contributed by atoms with van der Waals surface area (Å²) in [7, 11) is -1.07. The van der Waals surface area contributed by atoms with Crippen molar-refractivity contribution in [1.29, 1.82) is 0 Å². The van der Waals surface area contributed by atoms with Gasteiger partial charge in [0, 0.05) is 13.1 Å². The average molecular weight is 371 g/mol. The highest BCUT2D eigenvalue weighted by Crippen LogP contribution is 2.32. The molecule has 0 unspecified atom stereocenters. The van der Waals surface area contributed by atoms with E-state index in [0.29, 0.717) is 0 Å². The lowest BCUT2D eigenvalue weighted by atomic mass is 10.1. The van der Waals surface area contributed by atoms with Crippen LogP contribution in [0.3, 0.4) is 0 Å². The molecule has 0 radical (unpaired) electrons. The molecule has 9 heteroatoms. The van der Waals surface area contributed by atoms with Crippen LogP contribution in [0.2, 0.25) is 0 Å². The van der Waals surface area contributed by atoms with Gasteiger partial charge in [-0.3, -0.25) is 10.1 Å². The van der Waals surface area contributed by atoms with Crippen molar-refractivity contribution in [3.05, 3.63) is 28.3 Å². The highest BCUT2D eigenvalue weighted by Gasteiger charge is 2.35. The molecule has 1 heterocycles. The number of ether oxygens (including phenoxy) is 1. The largest absolute Gasteiger partial charge is 0.497 e. The third-order valence-corrected chi connectivity index (χ3v) is 6.59. The number of sulfonamides is 1. The molecular weight excluding hydrogens is 346 g/mol. The number of methoxy groups -OCH3 is 1. The van der Waals surface area contributed by atoms with Crippen LogP contribution in [0.4, 0.5) is 5.69 Å². The van der Waals surface area contributed by atoms with E-state index in [-0.39, 0.29) is 16.7 Å². The maximum atomic E-state index is 12.9. The number of nitrogens with zero attached hydrogens (tertiary/aromatic N) is 3. The lowest BCUT2D eigenvalue weighted by Crippen LogP contribution is -2.45. The van der Waals surface area contributed by atoms with E-state index in [9.17, 15) is 18.5 Å². The molecule has 1 saturated heterocycles. The first-order valence-corrected chi connectivity index (χ1v) is 9.78. The van der Waals surface area contributed by atoms with Crippen LogP contribution in [0.5, 0.6) is 5.75 Å². The standard InChI is InChI=1S/C16H25N3O5S/c1-4-9-18-10-7-13(8-11-18)17(2)25(22,23)16-6-5-14(24-3)12-15(16)19(20)21/h5-6,12-13H,4,7-11H2,1-3H3. The molecule has 1 aromatic carbocycles. The van der Waals surface area contributed by atoms with E-state index in [4.69, 9.17) is 4.74 Å². The quantitative estimate of drug-likeness (QED) is 0.538. The molecule has 140 valence electrons. The fourth-order valence-electron chi connectivity index (χ4n) is 3.16. The second kappa shape index (κ2) is 8.11. The Labute approximate surface area is 148 Å². The van der Waals surface area contributed by atoms with Gasteiger partial charge in [0.25, 0.3) is 5.69 Å². The number of nitro groups is 1. The van der Waals surface area contributed by atoms with Crippen LogP contribution < -0.4 is 4.74 Å². The van der Waals surface area contributed by atoms with Gasteiger partial charge in [-0.15, -0.1) is 0 Å². The number of hydrogen-bond acceptors (Lipinski definition) is 6. The van der Waals surface area contributed by atoms with Crippen LogP contribution in [-0.4, -0.2) is 62.4 Å². The van der Waals surface area contributed by atoms with E-state index < -0.39 is 20.6 Å². The number of benzene rings is 1. The number of likely N-dealkylation sites (tertiary alicyclic amines) is 1. The Bertz CT molecular complexity index is 714. The smallest absolute Gasteiger partial charge is 0.293 e. The Morgan fingerprint density at radius 2 is 2.00 bits per heavy atom. The lowest BCUT2D eigenvalue weighted by molar-refractivity contribution is -0.387. The third kappa shape index (κ3) is 4.28. The molecule has 1 aromatic rings. The number of rotatable bonds is 7. The third-order valence-electron chi connectivity index (χ3n) is 4.63. The zero-order chi connectivity index (χ0) is 18.6. The summed E-state index contributed by atoms with van der Waals surface area (Å²) >= 11 is 0. The van der Waals surface area contributed by atoms with Crippen molar-refractivity contribution in [3.8, 4) is 5.75 Å². The molecule has 1 aliphatic rings. The molecule has 0 atom stereocenters. The Balaban J connectivity index is 2.25. The van der Waals surface area contributed by atoms with Crippen molar-refractivity contribution < 1.29 is 18.1 Å². The van der Waals surface area contributed by atoms with E-state index in [2.05, 4.69) is 11.8 Å². The molecule has 0 aliphatic carbocycles. The van der Waals surface area contributed by atoms with E-state index in [0.717, 1.165) is 45.0 Å². The minimum Gasteiger partial charge on any atom is -0.497 e. The second-order valence-electron chi connectivity index (χ2n) is 6.18. The van der Waals surface area contributed by atoms with E-state index >= 15 is 0 Å². The second-order valence-corrected chi connectivity index (χ2v) is 8.15. The van der Waals surface area contributed by atoms with Crippen molar-refractivity contribution in [2.45, 2.75) is 37.1 Å². The van der Waals surface area contributed by atoms with Gasteiger partial charge in [0.05, 0.1) is 18.1 Å². The van der Waals surface area contributed by atoms with Crippen LogP contribution in [0.15, 0.2) is 23.1 Å². The predicted octanol–water partition coefficient (Wildman–Crippen LogP) is 2.10. The normalized spacial score (nSPS) is 17.0. The Kier molecular flexibility index (Phi) is 6.36. The van der Waals surface area contributed by atoms with Crippen molar-refractivity contribution in [2.24, 2.45) is 0 Å². The van der Waals surface area contributed by atoms with Crippen molar-refractivity contribution >= 4 is 15.7 Å². The van der Waals surface area contributed by atoms with Crippen LogP contribution in [0, 0.1) is 10.1 Å². The summed E-state index contributed by atoms with van der Waals surface area (Å²) in [6.45, 7) is 4.80. The van der Waals surface area contributed by atoms with E-state index in [1.807, 2.05) is 0 Å². The van der Waals surface area contributed by atoms with Gasteiger partial charge >= 0.3 is 0 Å². The molecular formula is C16H25N3O5S. The van der Waals surface area contributed by atoms with Gasteiger partial charge in [0.2, 0.25) is 10.0 Å². The molecule has 0 N–H and O–H groups in total. The maximum absolute atomic E-state index is 12.9. The lowest BCUT2D eigenvalue weighted by Gasteiger charge is -2.35. The summed E-state index contributed by atoms with van der Waals surface area (Å²) < 4.78 is 32.1. The van der Waals surface area contributed by atoms with Crippen LogP contribution in [0.25, 0.3) is 0 Å². The average Bonchev–Trinajstić information content (AvgIpc) is 2.61. The molecule has 0 amide bonds. The fraction of sp³-hybridized carbons (Fsp3) is 0.625. The summed E-state index contributed by atoms with van der Waals surface area (Å²) in [5.74, 6) is 0.251. The van der Waals surface area contributed by atoms with Gasteiger partial charge in [0.1, 0.15) is 5.75 Å². The van der Waals surface area contributed by atoms with Gasteiger partial charge in [0.15, 0.2) is 4.90 Å². The Morgan fingerprint density at radius 3 is 2.52 bits per heavy atom. The summed E-state index contributed by atoms with van der Waals surface area (Å²) in [5.41, 5.74) is -0.463. The maximum Gasteiger partial charge on any atom is 0.293 e. The molecule has 8 nitrogen and oxygen atoms in total. The van der Waals surface area contributed by atoms with Crippen molar-refractivity contribution in [2.75, 3.05) is 33.8 Å². The van der Waals surface area contributed by atoms with Crippen LogP contribution >= 0.6 is 0 Å². The molecule has 1 fully saturated rings. The molecule has 0 spiro atoms. The molecule has 2 rings (SSSR count). The fourth-order valence-corrected chi connectivity index (χ4v) is 4.71. The van der Waals surface area contributed by atoms with Gasteiger partial charge in [-0.05, 0) is 51.0 Å². The topological polar surface area (TPSA) is 93.0 Å². The molecule has 0 aromatic heterocycles. The van der Waals surface area contributed by atoms with Gasteiger partial charge in [-0.2, -0.15) is 4.31 Å². The summed E-state index contributed by atoms with van der Waals surface area (Å²) in [5, 5.41) is 11.3. The summed E-state index contributed by atoms with van der Waals surface area (Å²) in [6, 6.07) is 3.66. The van der Waals surface area contributed by atoms with Crippen molar-refractivity contribution in [3.63, 3.8) is 0 Å². The monoisotopic (exact) mass is 371 g/mol. The number of piperidine rings is 1. The van der Waals surface area contributed by atoms with E-state index in [1.165, 1.54) is 30.6 Å². The molecule has 0 bridgehead atoms. The molecule has 1 aliphatic heterocycles. The van der Waals surface area contributed by atoms with E-state index in [1.54, 1.807) is 0 Å². The summed E-state index contributed by atoms with van der Waals surface area (Å²) in [6.07, 6.45) is 2.51. The van der Waals surface area contributed by atoms with Crippen LogP contribution in [0.1, 0.15) is 26.2 Å². The summed E-state index contributed by atoms with van der Waals surface area (Å²) in [4.78, 5) is 12.6. The zero-order valence-electron chi connectivity index (χ0n) is 14.8. The van der Waals surface area contributed by atoms with Crippen molar-refractivity contribution in [1.82, 2.24) is 9.21 Å². The SMILES string of the molecule is CCCN1CCC(N(C)S(=O)(=O)c2ccc(OC)cc2[N+](=O)[O-])CC1. The van der Waals surface area contributed by atoms with Crippen LogP contribution in [-0.2, 0) is 10.0 Å². The van der Waals surface area contributed by atoms with Gasteiger partial charge < -0.3 is 9.64 Å².